The van der Waals surface area contributed by atoms with Crippen LogP contribution in [0.15, 0.2) is 41.7 Å². The number of aromatic nitrogens is 2. The van der Waals surface area contributed by atoms with Crippen molar-refractivity contribution in [1.29, 1.82) is 0 Å². The second-order valence-corrected chi connectivity index (χ2v) is 4.78. The van der Waals surface area contributed by atoms with Crippen molar-refractivity contribution in [2.24, 2.45) is 0 Å². The first-order chi connectivity index (χ1) is 8.79. The molecule has 0 aliphatic rings. The Morgan fingerprint density at radius 3 is 2.56 bits per heavy atom. The molecule has 94 valence electrons. The van der Waals surface area contributed by atoms with Crippen LogP contribution >= 0.6 is 11.8 Å². The maximum atomic E-state index is 5.73. The molecule has 0 unspecified atom stereocenters. The lowest BCUT2D eigenvalue weighted by molar-refractivity contribution is 0.414. The van der Waals surface area contributed by atoms with Gasteiger partial charge in [-0.25, -0.2) is 9.97 Å². The Balaban J connectivity index is 1.86. The van der Waals surface area contributed by atoms with Crippen LogP contribution in [0.1, 0.15) is 5.56 Å². The van der Waals surface area contributed by atoms with E-state index in [1.54, 1.807) is 31.3 Å². The fourth-order valence-electron chi connectivity index (χ4n) is 1.50. The summed E-state index contributed by atoms with van der Waals surface area (Å²) < 4.78 is 5.12. The molecule has 0 amide bonds. The average Bonchev–Trinajstić information content (AvgIpc) is 2.42. The first kappa shape index (κ1) is 12.7. The van der Waals surface area contributed by atoms with E-state index in [4.69, 9.17) is 10.5 Å². The van der Waals surface area contributed by atoms with E-state index in [2.05, 4.69) is 22.1 Å². The van der Waals surface area contributed by atoms with Gasteiger partial charge in [-0.15, -0.1) is 11.8 Å². The van der Waals surface area contributed by atoms with Crippen LogP contribution < -0.4 is 10.5 Å². The summed E-state index contributed by atoms with van der Waals surface area (Å²) in [5, 5.41) is 0.797. The molecule has 2 N–H and O–H groups in total. The summed E-state index contributed by atoms with van der Waals surface area (Å²) in [7, 11) is 1.67. The highest BCUT2D eigenvalue weighted by Crippen LogP contribution is 2.21. The molecular weight excluding hydrogens is 246 g/mol. The van der Waals surface area contributed by atoms with Gasteiger partial charge in [-0.2, -0.15) is 0 Å². The first-order valence-electron chi connectivity index (χ1n) is 5.62. The lowest BCUT2D eigenvalue weighted by atomic mass is 10.2. The Hall–Kier alpha value is -1.75. The van der Waals surface area contributed by atoms with E-state index in [9.17, 15) is 0 Å². The van der Waals surface area contributed by atoms with E-state index >= 15 is 0 Å². The van der Waals surface area contributed by atoms with Crippen molar-refractivity contribution in [3.05, 3.63) is 42.2 Å². The number of nitrogens with two attached hydrogens (primary N) is 1. The van der Waals surface area contributed by atoms with Crippen LogP contribution in [-0.2, 0) is 6.42 Å². The molecule has 0 spiro atoms. The van der Waals surface area contributed by atoms with E-state index in [-0.39, 0.29) is 0 Å². The Labute approximate surface area is 111 Å². The highest BCUT2D eigenvalue weighted by atomic mass is 32.2. The number of anilines is 1. The molecule has 0 bridgehead atoms. The molecule has 18 heavy (non-hydrogen) atoms. The highest BCUT2D eigenvalue weighted by Gasteiger charge is 2.02. The van der Waals surface area contributed by atoms with Crippen molar-refractivity contribution >= 4 is 17.6 Å². The van der Waals surface area contributed by atoms with Crippen LogP contribution in [-0.4, -0.2) is 22.8 Å². The number of aryl methyl sites for hydroxylation is 1. The smallest absolute Gasteiger partial charge is 0.156 e. The monoisotopic (exact) mass is 261 g/mol. The third-order valence-electron chi connectivity index (χ3n) is 2.48. The minimum absolute atomic E-state index is 0.497. The van der Waals surface area contributed by atoms with Crippen LogP contribution in [0.3, 0.4) is 0 Å². The molecule has 4 nitrogen and oxygen atoms in total. The third kappa shape index (κ3) is 3.37. The minimum atomic E-state index is 0.497. The fourth-order valence-corrected chi connectivity index (χ4v) is 2.37. The molecule has 0 radical (unpaired) electrons. The highest BCUT2D eigenvalue weighted by molar-refractivity contribution is 7.99. The number of rotatable bonds is 5. The van der Waals surface area contributed by atoms with Gasteiger partial charge in [0, 0.05) is 18.1 Å². The predicted octanol–water partition coefficient (Wildman–Crippen LogP) is 2.40. The number of hydrogen-bond donors (Lipinski definition) is 1. The van der Waals surface area contributed by atoms with Crippen LogP contribution in [0, 0.1) is 0 Å². The number of nitrogens with zero attached hydrogens (tertiary/aromatic N) is 2. The van der Waals surface area contributed by atoms with E-state index in [0.29, 0.717) is 5.82 Å². The van der Waals surface area contributed by atoms with Crippen molar-refractivity contribution in [1.82, 2.24) is 9.97 Å². The van der Waals surface area contributed by atoms with Crippen molar-refractivity contribution in [3.8, 4) is 5.75 Å². The summed E-state index contributed by atoms with van der Waals surface area (Å²) in [6.07, 6.45) is 4.22. The first-order valence-corrected chi connectivity index (χ1v) is 6.60. The summed E-state index contributed by atoms with van der Waals surface area (Å²) in [4.78, 5) is 8.20. The number of nitrogen functional groups attached to an aromatic ring is 1. The average molecular weight is 261 g/mol. The molecule has 1 aromatic heterocycles. The summed E-state index contributed by atoms with van der Waals surface area (Å²) in [5.74, 6) is 2.30. The molecule has 2 rings (SSSR count). The van der Waals surface area contributed by atoms with E-state index in [1.807, 2.05) is 12.1 Å². The van der Waals surface area contributed by atoms with Gasteiger partial charge in [-0.3, -0.25) is 0 Å². The topological polar surface area (TPSA) is 61.0 Å². The zero-order chi connectivity index (χ0) is 12.8. The van der Waals surface area contributed by atoms with Gasteiger partial charge in [0.15, 0.2) is 5.82 Å². The Bertz CT molecular complexity index is 502. The van der Waals surface area contributed by atoms with Crippen molar-refractivity contribution in [2.45, 2.75) is 11.4 Å². The van der Waals surface area contributed by atoms with Crippen LogP contribution in [0.25, 0.3) is 0 Å². The molecule has 0 fully saturated rings. The number of benzene rings is 1. The van der Waals surface area contributed by atoms with Gasteiger partial charge in [-0.1, -0.05) is 12.1 Å². The van der Waals surface area contributed by atoms with Gasteiger partial charge in [0.1, 0.15) is 10.8 Å². The van der Waals surface area contributed by atoms with Crippen LogP contribution in [0.2, 0.25) is 0 Å². The van der Waals surface area contributed by atoms with Crippen molar-refractivity contribution in [2.75, 3.05) is 18.6 Å². The molecule has 1 heterocycles. The normalized spacial score (nSPS) is 10.3. The van der Waals surface area contributed by atoms with E-state index in [1.165, 1.54) is 5.56 Å². The SMILES string of the molecule is COc1ccc(CCSc2nccnc2N)cc1. The lowest BCUT2D eigenvalue weighted by Crippen LogP contribution is -1.96. The van der Waals surface area contributed by atoms with Gasteiger partial charge in [0.2, 0.25) is 0 Å². The largest absolute Gasteiger partial charge is 0.497 e. The van der Waals surface area contributed by atoms with Crippen LogP contribution in [0.4, 0.5) is 5.82 Å². The quantitative estimate of drug-likeness (QED) is 0.837. The van der Waals surface area contributed by atoms with Gasteiger partial charge in [0.25, 0.3) is 0 Å². The van der Waals surface area contributed by atoms with Gasteiger partial charge >= 0.3 is 0 Å². The zero-order valence-electron chi connectivity index (χ0n) is 10.2. The second-order valence-electron chi connectivity index (χ2n) is 3.69. The zero-order valence-corrected chi connectivity index (χ0v) is 11.0. The second kappa shape index (κ2) is 6.26. The molecule has 5 heteroatoms. The Morgan fingerprint density at radius 1 is 1.17 bits per heavy atom. The lowest BCUT2D eigenvalue weighted by Gasteiger charge is -2.04. The Morgan fingerprint density at radius 2 is 1.89 bits per heavy atom. The summed E-state index contributed by atoms with van der Waals surface area (Å²) in [6, 6.07) is 8.08. The summed E-state index contributed by atoms with van der Waals surface area (Å²) in [6.45, 7) is 0. The van der Waals surface area contributed by atoms with E-state index < -0.39 is 0 Å². The molecule has 0 saturated heterocycles. The Kier molecular flexibility index (Phi) is 4.41. The molecule has 1 aromatic carbocycles. The summed E-state index contributed by atoms with van der Waals surface area (Å²) >= 11 is 1.62. The standard InChI is InChI=1S/C13H15N3OS/c1-17-11-4-2-10(3-5-11)6-9-18-13-12(14)15-7-8-16-13/h2-5,7-8H,6,9H2,1H3,(H2,14,15). The minimum Gasteiger partial charge on any atom is -0.497 e. The summed E-state index contributed by atoms with van der Waals surface area (Å²) in [5.41, 5.74) is 7.00. The predicted molar refractivity (Wildman–Crippen MR) is 73.9 cm³/mol. The molecule has 2 aromatic rings. The van der Waals surface area contributed by atoms with Crippen molar-refractivity contribution < 1.29 is 4.74 Å². The number of methoxy groups -OCH3 is 1. The molecule has 0 saturated carbocycles. The van der Waals surface area contributed by atoms with Gasteiger partial charge < -0.3 is 10.5 Å². The number of hydrogen-bond acceptors (Lipinski definition) is 5. The van der Waals surface area contributed by atoms with Gasteiger partial charge in [-0.05, 0) is 24.1 Å². The molecule has 0 atom stereocenters. The van der Waals surface area contributed by atoms with Crippen LogP contribution in [0.5, 0.6) is 5.75 Å². The molecule has 0 aliphatic heterocycles. The molecular formula is C13H15N3OS. The third-order valence-corrected chi connectivity index (χ3v) is 3.48. The molecule has 0 aliphatic carbocycles. The fraction of sp³-hybridized carbons (Fsp3) is 0.231. The maximum Gasteiger partial charge on any atom is 0.156 e. The van der Waals surface area contributed by atoms with Crippen molar-refractivity contribution in [3.63, 3.8) is 0 Å². The number of thioether (sulfide) groups is 1. The maximum absolute atomic E-state index is 5.73. The van der Waals surface area contributed by atoms with E-state index in [0.717, 1.165) is 22.9 Å². The number of ether oxygens (including phenoxy) is 1. The van der Waals surface area contributed by atoms with Gasteiger partial charge in [0.05, 0.1) is 7.11 Å².